The number of likely N-dealkylation sites (tertiary alicyclic amines) is 1. The first-order chi connectivity index (χ1) is 10.5. The SMILES string of the molecule is COc1ccc(C(=O)C2CCN(C(=O)C=C(C)C)CC2)cc1. The van der Waals surface area contributed by atoms with E-state index in [0.717, 1.165) is 29.7 Å². The number of rotatable bonds is 4. The standard InChI is InChI=1S/C18H23NO3/c1-13(2)12-17(20)19-10-8-15(9-11-19)18(21)14-4-6-16(22-3)7-5-14/h4-7,12,15H,8-11H2,1-3H3. The van der Waals surface area contributed by atoms with Crippen molar-refractivity contribution in [1.82, 2.24) is 4.90 Å². The number of Topliss-reactive ketones (excluding diaryl/α,β-unsaturated/α-hetero) is 1. The fourth-order valence-electron chi connectivity index (χ4n) is 2.69. The van der Waals surface area contributed by atoms with E-state index < -0.39 is 0 Å². The Bertz CT molecular complexity index is 562. The average molecular weight is 301 g/mol. The Kier molecular flexibility index (Phi) is 5.36. The fourth-order valence-corrected chi connectivity index (χ4v) is 2.69. The topological polar surface area (TPSA) is 46.6 Å². The summed E-state index contributed by atoms with van der Waals surface area (Å²) in [7, 11) is 1.61. The molecular weight excluding hydrogens is 278 g/mol. The van der Waals surface area contributed by atoms with Crippen molar-refractivity contribution in [3.8, 4) is 5.75 Å². The van der Waals surface area contributed by atoms with Crippen LogP contribution < -0.4 is 4.74 Å². The molecule has 1 aliphatic rings. The van der Waals surface area contributed by atoms with Crippen LogP contribution in [0.15, 0.2) is 35.9 Å². The summed E-state index contributed by atoms with van der Waals surface area (Å²) >= 11 is 0. The van der Waals surface area contributed by atoms with Crippen molar-refractivity contribution in [2.75, 3.05) is 20.2 Å². The van der Waals surface area contributed by atoms with Gasteiger partial charge in [0.05, 0.1) is 7.11 Å². The van der Waals surface area contributed by atoms with Crippen molar-refractivity contribution in [3.63, 3.8) is 0 Å². The van der Waals surface area contributed by atoms with Crippen molar-refractivity contribution in [1.29, 1.82) is 0 Å². The number of hydrogen-bond acceptors (Lipinski definition) is 3. The zero-order chi connectivity index (χ0) is 16.1. The van der Waals surface area contributed by atoms with Crippen LogP contribution in [0.1, 0.15) is 37.0 Å². The molecule has 0 bridgehead atoms. The highest BCUT2D eigenvalue weighted by atomic mass is 16.5. The van der Waals surface area contributed by atoms with Crippen molar-refractivity contribution in [2.24, 2.45) is 5.92 Å². The summed E-state index contributed by atoms with van der Waals surface area (Å²) in [5, 5.41) is 0. The molecule has 1 aliphatic heterocycles. The van der Waals surface area contributed by atoms with E-state index in [2.05, 4.69) is 0 Å². The third kappa shape index (κ3) is 3.97. The zero-order valence-electron chi connectivity index (χ0n) is 13.5. The average Bonchev–Trinajstić information content (AvgIpc) is 2.54. The van der Waals surface area contributed by atoms with Gasteiger partial charge in [-0.15, -0.1) is 0 Å². The van der Waals surface area contributed by atoms with Gasteiger partial charge in [0, 0.05) is 30.6 Å². The zero-order valence-corrected chi connectivity index (χ0v) is 13.5. The fraction of sp³-hybridized carbons (Fsp3) is 0.444. The number of piperidine rings is 1. The maximum Gasteiger partial charge on any atom is 0.246 e. The van der Waals surface area contributed by atoms with Crippen LogP contribution >= 0.6 is 0 Å². The lowest BCUT2D eigenvalue weighted by Crippen LogP contribution is -2.39. The summed E-state index contributed by atoms with van der Waals surface area (Å²) in [5.74, 6) is 0.968. The van der Waals surface area contributed by atoms with Crippen LogP contribution in [-0.2, 0) is 4.79 Å². The van der Waals surface area contributed by atoms with Crippen LogP contribution in [0.3, 0.4) is 0 Å². The molecule has 1 aromatic rings. The quantitative estimate of drug-likeness (QED) is 0.634. The molecule has 22 heavy (non-hydrogen) atoms. The number of benzene rings is 1. The van der Waals surface area contributed by atoms with E-state index >= 15 is 0 Å². The number of carbonyl (C=O) groups is 2. The van der Waals surface area contributed by atoms with Crippen molar-refractivity contribution in [2.45, 2.75) is 26.7 Å². The molecule has 0 radical (unpaired) electrons. The lowest BCUT2D eigenvalue weighted by atomic mass is 9.89. The number of carbonyl (C=O) groups excluding carboxylic acids is 2. The minimum Gasteiger partial charge on any atom is -0.497 e. The Morgan fingerprint density at radius 2 is 1.73 bits per heavy atom. The highest BCUT2D eigenvalue weighted by molar-refractivity contribution is 5.98. The Balaban J connectivity index is 1.94. The van der Waals surface area contributed by atoms with E-state index in [-0.39, 0.29) is 17.6 Å². The smallest absolute Gasteiger partial charge is 0.246 e. The largest absolute Gasteiger partial charge is 0.497 e. The lowest BCUT2D eigenvalue weighted by Gasteiger charge is -2.30. The molecule has 4 heteroatoms. The molecule has 1 heterocycles. The third-order valence-corrected chi connectivity index (χ3v) is 3.96. The predicted octanol–water partition coefficient (Wildman–Crippen LogP) is 3.08. The Hall–Kier alpha value is -2.10. The van der Waals surface area contributed by atoms with E-state index in [4.69, 9.17) is 4.74 Å². The second-order valence-electron chi connectivity index (χ2n) is 5.91. The first kappa shape index (κ1) is 16.3. The number of amides is 1. The Morgan fingerprint density at radius 1 is 1.14 bits per heavy atom. The van der Waals surface area contributed by atoms with E-state index in [1.54, 1.807) is 25.3 Å². The summed E-state index contributed by atoms with van der Waals surface area (Å²) in [5.41, 5.74) is 1.72. The van der Waals surface area contributed by atoms with Crippen LogP contribution in [0.4, 0.5) is 0 Å². The van der Waals surface area contributed by atoms with E-state index in [9.17, 15) is 9.59 Å². The minimum absolute atomic E-state index is 0.00384. The monoisotopic (exact) mass is 301 g/mol. The highest BCUT2D eigenvalue weighted by Gasteiger charge is 2.27. The van der Waals surface area contributed by atoms with Crippen molar-refractivity contribution >= 4 is 11.7 Å². The van der Waals surface area contributed by atoms with Crippen LogP contribution in [0.2, 0.25) is 0 Å². The van der Waals surface area contributed by atoms with Gasteiger partial charge in [0.2, 0.25) is 5.91 Å². The van der Waals surface area contributed by atoms with Crippen LogP contribution in [0, 0.1) is 5.92 Å². The lowest BCUT2D eigenvalue weighted by molar-refractivity contribution is -0.127. The molecule has 1 aromatic carbocycles. The second-order valence-corrected chi connectivity index (χ2v) is 5.91. The van der Waals surface area contributed by atoms with Crippen LogP contribution in [-0.4, -0.2) is 36.8 Å². The molecule has 0 unspecified atom stereocenters. The van der Waals surface area contributed by atoms with Gasteiger partial charge in [0.1, 0.15) is 5.75 Å². The summed E-state index contributed by atoms with van der Waals surface area (Å²) in [6.07, 6.45) is 3.12. The first-order valence-corrected chi connectivity index (χ1v) is 7.63. The molecule has 0 atom stereocenters. The predicted molar refractivity (Wildman–Crippen MR) is 86.1 cm³/mol. The van der Waals surface area contributed by atoms with Gasteiger partial charge in [-0.25, -0.2) is 0 Å². The molecule has 1 saturated heterocycles. The molecular formula is C18H23NO3. The molecule has 118 valence electrons. The van der Waals surface area contributed by atoms with Gasteiger partial charge in [0.25, 0.3) is 0 Å². The molecule has 0 aliphatic carbocycles. The number of methoxy groups -OCH3 is 1. The number of allylic oxidation sites excluding steroid dienone is 1. The Morgan fingerprint density at radius 3 is 2.23 bits per heavy atom. The number of ketones is 1. The van der Waals surface area contributed by atoms with E-state index in [1.165, 1.54) is 0 Å². The highest BCUT2D eigenvalue weighted by Crippen LogP contribution is 2.23. The molecule has 0 saturated carbocycles. The summed E-state index contributed by atoms with van der Waals surface area (Å²) < 4.78 is 5.11. The van der Waals surface area contributed by atoms with Crippen LogP contribution in [0.5, 0.6) is 5.75 Å². The summed E-state index contributed by atoms with van der Waals surface area (Å²) in [6.45, 7) is 5.13. The number of nitrogens with zero attached hydrogens (tertiary/aromatic N) is 1. The van der Waals surface area contributed by atoms with Crippen molar-refractivity contribution in [3.05, 3.63) is 41.5 Å². The molecule has 0 aromatic heterocycles. The van der Waals surface area contributed by atoms with Gasteiger partial charge in [-0.2, -0.15) is 0 Å². The van der Waals surface area contributed by atoms with Gasteiger partial charge in [0.15, 0.2) is 5.78 Å². The third-order valence-electron chi connectivity index (χ3n) is 3.96. The van der Waals surface area contributed by atoms with Gasteiger partial charge in [-0.1, -0.05) is 5.57 Å². The van der Waals surface area contributed by atoms with E-state index in [1.807, 2.05) is 30.9 Å². The summed E-state index contributed by atoms with van der Waals surface area (Å²) in [6, 6.07) is 7.23. The van der Waals surface area contributed by atoms with Crippen LogP contribution in [0.25, 0.3) is 0 Å². The molecule has 2 rings (SSSR count). The Labute approximate surface area is 131 Å². The van der Waals surface area contributed by atoms with Gasteiger partial charge >= 0.3 is 0 Å². The number of hydrogen-bond donors (Lipinski definition) is 0. The van der Waals surface area contributed by atoms with E-state index in [0.29, 0.717) is 13.1 Å². The van der Waals surface area contributed by atoms with Crippen molar-refractivity contribution < 1.29 is 14.3 Å². The molecule has 1 fully saturated rings. The van der Waals surface area contributed by atoms with Gasteiger partial charge in [-0.3, -0.25) is 9.59 Å². The molecule has 1 amide bonds. The first-order valence-electron chi connectivity index (χ1n) is 7.63. The normalized spacial score (nSPS) is 15.3. The molecule has 0 N–H and O–H groups in total. The minimum atomic E-state index is 0.00384. The summed E-state index contributed by atoms with van der Waals surface area (Å²) in [4.78, 5) is 26.3. The maximum absolute atomic E-state index is 12.5. The molecule has 4 nitrogen and oxygen atoms in total. The maximum atomic E-state index is 12.5. The number of ether oxygens (including phenoxy) is 1. The molecule has 0 spiro atoms. The van der Waals surface area contributed by atoms with Gasteiger partial charge in [-0.05, 0) is 51.0 Å². The second kappa shape index (κ2) is 7.25. The van der Waals surface area contributed by atoms with Gasteiger partial charge < -0.3 is 9.64 Å².